The Morgan fingerprint density at radius 2 is 1.92 bits per heavy atom. The molecular formula is C27H28N4O5. The predicted octanol–water partition coefficient (Wildman–Crippen LogP) is 4.88. The van der Waals surface area contributed by atoms with E-state index in [2.05, 4.69) is 15.4 Å². The fraction of sp³-hybridized carbons (Fsp3) is 0.259. The average molecular weight is 489 g/mol. The Hall–Kier alpha value is -4.40. The predicted molar refractivity (Wildman–Crippen MR) is 135 cm³/mol. The monoisotopic (exact) mass is 488 g/mol. The summed E-state index contributed by atoms with van der Waals surface area (Å²) in [7, 11) is 1.59. The first-order valence-corrected chi connectivity index (χ1v) is 11.7. The summed E-state index contributed by atoms with van der Waals surface area (Å²) in [5.74, 6) is 0.971. The molecule has 1 aliphatic rings. The van der Waals surface area contributed by atoms with Crippen molar-refractivity contribution in [1.29, 1.82) is 0 Å². The first-order chi connectivity index (χ1) is 17.5. The van der Waals surface area contributed by atoms with E-state index in [1.807, 2.05) is 44.2 Å². The molecule has 0 spiro atoms. The van der Waals surface area contributed by atoms with Gasteiger partial charge in [-0.15, -0.1) is 0 Å². The standard InChI is InChI=1S/C27H28N4O5/c1-4-22-25(19-10-13-23(34-3)24(15-19)35-5-2)30-31(27(33)36-22)17-18-8-11-21(12-9-18)29-26(32)20-7-6-14-28-16-20/h6-16,22H,4-5,17H2,1-3H3,(H,29,32). The molecule has 0 aliphatic carbocycles. The van der Waals surface area contributed by atoms with Gasteiger partial charge in [-0.1, -0.05) is 19.1 Å². The number of carbonyl (C=O) groups excluding carboxylic acids is 2. The van der Waals surface area contributed by atoms with E-state index in [4.69, 9.17) is 14.2 Å². The Labute approximate surface area is 209 Å². The molecular weight excluding hydrogens is 460 g/mol. The number of amides is 2. The van der Waals surface area contributed by atoms with Crippen molar-refractivity contribution in [2.45, 2.75) is 32.9 Å². The van der Waals surface area contributed by atoms with Crippen LogP contribution >= 0.6 is 0 Å². The molecule has 9 nitrogen and oxygen atoms in total. The number of rotatable bonds is 9. The lowest BCUT2D eigenvalue weighted by Crippen LogP contribution is -2.41. The van der Waals surface area contributed by atoms with Gasteiger partial charge in [0.15, 0.2) is 11.5 Å². The number of anilines is 1. The largest absolute Gasteiger partial charge is 0.493 e. The van der Waals surface area contributed by atoms with Gasteiger partial charge in [-0.25, -0.2) is 4.79 Å². The van der Waals surface area contributed by atoms with Gasteiger partial charge in [0.1, 0.15) is 11.8 Å². The molecule has 1 unspecified atom stereocenters. The number of pyridine rings is 1. The number of hydrogen-bond acceptors (Lipinski definition) is 7. The summed E-state index contributed by atoms with van der Waals surface area (Å²) in [6.45, 7) is 4.54. The van der Waals surface area contributed by atoms with Crippen LogP contribution in [-0.4, -0.2) is 47.5 Å². The van der Waals surface area contributed by atoms with Gasteiger partial charge < -0.3 is 19.5 Å². The van der Waals surface area contributed by atoms with Crippen molar-refractivity contribution >= 4 is 23.4 Å². The minimum absolute atomic E-state index is 0.212. The first kappa shape index (κ1) is 24.7. The number of nitrogens with zero attached hydrogens (tertiary/aromatic N) is 3. The number of benzene rings is 2. The fourth-order valence-electron chi connectivity index (χ4n) is 3.76. The molecule has 0 fully saturated rings. The lowest BCUT2D eigenvalue weighted by atomic mass is 10.0. The molecule has 3 aromatic rings. The number of cyclic esters (lactones) is 1. The molecule has 1 aromatic heterocycles. The van der Waals surface area contributed by atoms with Crippen LogP contribution in [0.4, 0.5) is 10.5 Å². The van der Waals surface area contributed by atoms with Crippen molar-refractivity contribution < 1.29 is 23.8 Å². The second kappa shape index (κ2) is 11.4. The number of nitrogens with one attached hydrogen (secondary N) is 1. The second-order valence-corrected chi connectivity index (χ2v) is 8.01. The van der Waals surface area contributed by atoms with E-state index in [0.717, 1.165) is 11.1 Å². The van der Waals surface area contributed by atoms with Crippen molar-refractivity contribution in [2.75, 3.05) is 19.0 Å². The minimum atomic E-state index is -0.516. The smallest absolute Gasteiger partial charge is 0.431 e. The Morgan fingerprint density at radius 1 is 1.11 bits per heavy atom. The van der Waals surface area contributed by atoms with Crippen LogP contribution in [0.25, 0.3) is 0 Å². The van der Waals surface area contributed by atoms with Gasteiger partial charge in [0.05, 0.1) is 25.8 Å². The van der Waals surface area contributed by atoms with Crippen molar-refractivity contribution in [3.8, 4) is 11.5 Å². The molecule has 1 aliphatic heterocycles. The number of hydrazone groups is 1. The number of methoxy groups -OCH3 is 1. The summed E-state index contributed by atoms with van der Waals surface area (Å²) >= 11 is 0. The van der Waals surface area contributed by atoms with Crippen molar-refractivity contribution in [3.05, 3.63) is 83.7 Å². The van der Waals surface area contributed by atoms with Crippen LogP contribution in [0.3, 0.4) is 0 Å². The maximum Gasteiger partial charge on any atom is 0.431 e. The summed E-state index contributed by atoms with van der Waals surface area (Å²) in [5.41, 5.74) is 3.36. The Morgan fingerprint density at radius 3 is 2.58 bits per heavy atom. The van der Waals surface area contributed by atoms with E-state index in [9.17, 15) is 9.59 Å². The molecule has 0 radical (unpaired) electrons. The zero-order valence-corrected chi connectivity index (χ0v) is 20.4. The summed E-state index contributed by atoms with van der Waals surface area (Å²) in [5, 5.41) is 8.78. The lowest BCUT2D eigenvalue weighted by molar-refractivity contribution is 0.0712. The summed E-state index contributed by atoms with van der Waals surface area (Å²) in [6.07, 6.45) is 2.71. The highest BCUT2D eigenvalue weighted by molar-refractivity contribution is 6.06. The summed E-state index contributed by atoms with van der Waals surface area (Å²) < 4.78 is 16.8. The van der Waals surface area contributed by atoms with Gasteiger partial charge in [-0.3, -0.25) is 9.78 Å². The molecule has 1 N–H and O–H groups in total. The van der Waals surface area contributed by atoms with E-state index >= 15 is 0 Å². The Kier molecular flexibility index (Phi) is 7.79. The molecule has 1 atom stereocenters. The fourth-order valence-corrected chi connectivity index (χ4v) is 3.76. The topological polar surface area (TPSA) is 102 Å². The third kappa shape index (κ3) is 5.63. The van der Waals surface area contributed by atoms with Gasteiger partial charge in [-0.2, -0.15) is 10.1 Å². The molecule has 2 amide bonds. The van der Waals surface area contributed by atoms with E-state index in [0.29, 0.717) is 41.5 Å². The molecule has 0 saturated heterocycles. The van der Waals surface area contributed by atoms with Crippen molar-refractivity contribution in [3.63, 3.8) is 0 Å². The van der Waals surface area contributed by atoms with Crippen LogP contribution in [-0.2, 0) is 11.3 Å². The van der Waals surface area contributed by atoms with Crippen LogP contribution < -0.4 is 14.8 Å². The molecule has 186 valence electrons. The van der Waals surface area contributed by atoms with Crippen LogP contribution in [0.15, 0.2) is 72.1 Å². The number of ether oxygens (including phenoxy) is 3. The zero-order chi connectivity index (χ0) is 25.5. The van der Waals surface area contributed by atoms with Crippen molar-refractivity contribution in [2.24, 2.45) is 5.10 Å². The normalized spacial score (nSPS) is 15.1. The van der Waals surface area contributed by atoms with Crippen LogP contribution in [0.5, 0.6) is 11.5 Å². The zero-order valence-electron chi connectivity index (χ0n) is 20.4. The maximum atomic E-state index is 12.7. The van der Waals surface area contributed by atoms with E-state index in [1.54, 1.807) is 37.6 Å². The highest BCUT2D eigenvalue weighted by Crippen LogP contribution is 2.30. The second-order valence-electron chi connectivity index (χ2n) is 8.01. The molecule has 0 saturated carbocycles. The SMILES string of the molecule is CCOc1cc(C2=NN(Cc3ccc(NC(=O)c4cccnc4)cc3)C(=O)OC2CC)ccc1OC. The molecule has 2 aromatic carbocycles. The van der Waals surface area contributed by atoms with Gasteiger partial charge in [0.25, 0.3) is 5.91 Å². The van der Waals surface area contributed by atoms with Crippen LogP contribution in [0.2, 0.25) is 0 Å². The average Bonchev–Trinajstić information content (AvgIpc) is 2.91. The quantitative estimate of drug-likeness (QED) is 0.461. The Bertz CT molecular complexity index is 1240. The molecule has 2 heterocycles. The summed E-state index contributed by atoms with van der Waals surface area (Å²) in [6, 6.07) is 16.1. The molecule has 0 bridgehead atoms. The number of aromatic nitrogens is 1. The first-order valence-electron chi connectivity index (χ1n) is 11.7. The third-order valence-electron chi connectivity index (χ3n) is 5.59. The summed E-state index contributed by atoms with van der Waals surface area (Å²) in [4.78, 5) is 29.0. The lowest BCUT2D eigenvalue weighted by Gasteiger charge is -2.29. The van der Waals surface area contributed by atoms with E-state index in [1.165, 1.54) is 11.2 Å². The number of hydrogen-bond donors (Lipinski definition) is 1. The van der Waals surface area contributed by atoms with Crippen LogP contribution in [0, 0.1) is 0 Å². The Balaban J connectivity index is 1.52. The molecule has 4 rings (SSSR count). The third-order valence-corrected chi connectivity index (χ3v) is 5.59. The van der Waals surface area contributed by atoms with Gasteiger partial charge in [-0.05, 0) is 61.4 Å². The maximum absolute atomic E-state index is 12.7. The minimum Gasteiger partial charge on any atom is -0.493 e. The van der Waals surface area contributed by atoms with Crippen LogP contribution in [0.1, 0.15) is 41.8 Å². The van der Waals surface area contributed by atoms with Crippen molar-refractivity contribution in [1.82, 2.24) is 9.99 Å². The van der Waals surface area contributed by atoms with Gasteiger partial charge >= 0.3 is 6.09 Å². The van der Waals surface area contributed by atoms with E-state index in [-0.39, 0.29) is 12.5 Å². The van der Waals surface area contributed by atoms with Gasteiger partial charge in [0, 0.05) is 23.6 Å². The van der Waals surface area contributed by atoms with E-state index < -0.39 is 12.2 Å². The highest BCUT2D eigenvalue weighted by Gasteiger charge is 2.31. The van der Waals surface area contributed by atoms with Gasteiger partial charge in [0.2, 0.25) is 0 Å². The molecule has 36 heavy (non-hydrogen) atoms. The number of carbonyl (C=O) groups is 2. The molecule has 9 heteroatoms. The highest BCUT2D eigenvalue weighted by atomic mass is 16.6.